The van der Waals surface area contributed by atoms with Crippen molar-refractivity contribution in [1.82, 2.24) is 0 Å². The summed E-state index contributed by atoms with van der Waals surface area (Å²) in [5, 5.41) is 16.1. The van der Waals surface area contributed by atoms with Gasteiger partial charge in [0.25, 0.3) is 0 Å². The summed E-state index contributed by atoms with van der Waals surface area (Å²) in [6, 6.07) is 0. The van der Waals surface area contributed by atoms with Gasteiger partial charge in [0, 0.05) is 0 Å². The van der Waals surface area contributed by atoms with Gasteiger partial charge in [0.05, 0.1) is 5.57 Å². The quantitative estimate of drug-likeness (QED) is 0.333. The molecule has 0 rings (SSSR count). The normalized spacial score (nSPS) is 12.7. The van der Waals surface area contributed by atoms with Crippen molar-refractivity contribution >= 4 is 5.97 Å². The SMILES string of the molecule is C=C(C(=O)O)[C@H](C)OO. The van der Waals surface area contributed by atoms with Crippen LogP contribution >= 0.6 is 0 Å². The van der Waals surface area contributed by atoms with E-state index in [1.165, 1.54) is 6.92 Å². The molecule has 9 heavy (non-hydrogen) atoms. The summed E-state index contributed by atoms with van der Waals surface area (Å²) in [5.74, 6) is -1.17. The van der Waals surface area contributed by atoms with Gasteiger partial charge in [0.1, 0.15) is 6.10 Å². The molecule has 0 unspecified atom stereocenters. The first kappa shape index (κ1) is 8.13. The largest absolute Gasteiger partial charge is 0.478 e. The van der Waals surface area contributed by atoms with Crippen molar-refractivity contribution in [2.45, 2.75) is 13.0 Å². The van der Waals surface area contributed by atoms with Crippen LogP contribution in [-0.4, -0.2) is 22.4 Å². The van der Waals surface area contributed by atoms with Crippen molar-refractivity contribution in [2.75, 3.05) is 0 Å². The fraction of sp³-hybridized carbons (Fsp3) is 0.400. The summed E-state index contributed by atoms with van der Waals surface area (Å²) in [5.41, 5.74) is -0.169. The van der Waals surface area contributed by atoms with Crippen LogP contribution in [0.5, 0.6) is 0 Å². The molecule has 0 aliphatic rings. The molecule has 0 radical (unpaired) electrons. The Morgan fingerprint density at radius 1 is 1.78 bits per heavy atom. The number of rotatable bonds is 3. The molecule has 2 N–H and O–H groups in total. The number of carboxylic acids is 1. The van der Waals surface area contributed by atoms with Crippen molar-refractivity contribution in [1.29, 1.82) is 0 Å². The Balaban J connectivity index is 3.88. The van der Waals surface area contributed by atoms with E-state index < -0.39 is 12.1 Å². The second-order valence-corrected chi connectivity index (χ2v) is 1.58. The summed E-state index contributed by atoms with van der Waals surface area (Å²) in [7, 11) is 0. The second kappa shape index (κ2) is 3.21. The summed E-state index contributed by atoms with van der Waals surface area (Å²) in [4.78, 5) is 13.7. The maximum absolute atomic E-state index is 10.0. The first-order chi connectivity index (χ1) is 4.09. The minimum absolute atomic E-state index is 0.169. The van der Waals surface area contributed by atoms with E-state index in [1.807, 2.05) is 0 Å². The lowest BCUT2D eigenvalue weighted by Gasteiger charge is -2.04. The van der Waals surface area contributed by atoms with Gasteiger partial charge in [-0.3, -0.25) is 5.26 Å². The smallest absolute Gasteiger partial charge is 0.333 e. The lowest BCUT2D eigenvalue weighted by Crippen LogP contribution is -2.15. The number of aliphatic carboxylic acids is 1. The highest BCUT2D eigenvalue weighted by atomic mass is 17.1. The number of carboxylic acid groups (broad SMARTS) is 1. The van der Waals surface area contributed by atoms with Gasteiger partial charge in [-0.2, -0.15) is 0 Å². The zero-order chi connectivity index (χ0) is 7.44. The molecule has 0 heterocycles. The van der Waals surface area contributed by atoms with E-state index in [1.54, 1.807) is 0 Å². The molecule has 0 aromatic heterocycles. The van der Waals surface area contributed by atoms with Gasteiger partial charge in [-0.25, -0.2) is 9.68 Å². The van der Waals surface area contributed by atoms with Crippen molar-refractivity contribution in [3.05, 3.63) is 12.2 Å². The lowest BCUT2D eigenvalue weighted by molar-refractivity contribution is -0.264. The van der Waals surface area contributed by atoms with Crippen LogP contribution in [0.2, 0.25) is 0 Å². The van der Waals surface area contributed by atoms with Gasteiger partial charge in [-0.05, 0) is 6.92 Å². The highest BCUT2D eigenvalue weighted by Gasteiger charge is 2.12. The van der Waals surface area contributed by atoms with Crippen molar-refractivity contribution < 1.29 is 20.0 Å². The molecular weight excluding hydrogens is 124 g/mol. The molecule has 4 nitrogen and oxygen atoms in total. The first-order valence-corrected chi connectivity index (χ1v) is 2.32. The molecule has 0 saturated heterocycles. The molecule has 0 spiro atoms. The highest BCUT2D eigenvalue weighted by molar-refractivity contribution is 5.86. The van der Waals surface area contributed by atoms with E-state index in [9.17, 15) is 4.79 Å². The standard InChI is InChI=1S/C5H8O4/c1-3(5(6)7)4(2)9-8/h4,8H,1H2,2H3,(H,6,7)/t4-/m0/s1. The fourth-order valence-corrected chi connectivity index (χ4v) is 0.238. The Bertz CT molecular complexity index is 129. The molecule has 0 fully saturated rings. The molecule has 4 heteroatoms. The second-order valence-electron chi connectivity index (χ2n) is 1.58. The van der Waals surface area contributed by atoms with E-state index in [2.05, 4.69) is 11.5 Å². The molecule has 0 aliphatic heterocycles. The molecule has 0 bridgehead atoms. The van der Waals surface area contributed by atoms with E-state index in [0.29, 0.717) is 0 Å². The Kier molecular flexibility index (Phi) is 2.90. The van der Waals surface area contributed by atoms with Gasteiger partial charge in [-0.1, -0.05) is 6.58 Å². The third-order valence-corrected chi connectivity index (χ3v) is 0.924. The van der Waals surface area contributed by atoms with Gasteiger partial charge >= 0.3 is 5.97 Å². The highest BCUT2D eigenvalue weighted by Crippen LogP contribution is 2.00. The van der Waals surface area contributed by atoms with Crippen LogP contribution < -0.4 is 0 Å². The molecule has 0 aromatic rings. The predicted molar refractivity (Wildman–Crippen MR) is 30.0 cm³/mol. The topological polar surface area (TPSA) is 66.8 Å². The Labute approximate surface area is 52.3 Å². The number of carbonyl (C=O) groups is 1. The molecule has 1 atom stereocenters. The first-order valence-electron chi connectivity index (χ1n) is 2.32. The molecule has 0 amide bonds. The van der Waals surface area contributed by atoms with E-state index in [4.69, 9.17) is 10.4 Å². The van der Waals surface area contributed by atoms with Gasteiger partial charge < -0.3 is 5.11 Å². The Morgan fingerprint density at radius 2 is 2.22 bits per heavy atom. The summed E-state index contributed by atoms with van der Waals surface area (Å²) < 4.78 is 0. The predicted octanol–water partition coefficient (Wildman–Crippen LogP) is 0.505. The zero-order valence-electron chi connectivity index (χ0n) is 5.00. The lowest BCUT2D eigenvalue weighted by atomic mass is 10.2. The third-order valence-electron chi connectivity index (χ3n) is 0.924. The van der Waals surface area contributed by atoms with Crippen LogP contribution in [0, 0.1) is 0 Å². The Hall–Kier alpha value is -0.870. The zero-order valence-corrected chi connectivity index (χ0v) is 5.00. The van der Waals surface area contributed by atoms with Crippen molar-refractivity contribution in [3.63, 3.8) is 0 Å². The summed E-state index contributed by atoms with van der Waals surface area (Å²) in [6.45, 7) is 4.53. The minimum Gasteiger partial charge on any atom is -0.478 e. The van der Waals surface area contributed by atoms with Crippen LogP contribution in [0.25, 0.3) is 0 Å². The van der Waals surface area contributed by atoms with Gasteiger partial charge in [-0.15, -0.1) is 0 Å². The summed E-state index contributed by atoms with van der Waals surface area (Å²) >= 11 is 0. The monoisotopic (exact) mass is 132 g/mol. The number of hydrogen-bond acceptors (Lipinski definition) is 3. The summed E-state index contributed by atoms with van der Waals surface area (Å²) in [6.07, 6.45) is -0.845. The maximum atomic E-state index is 10.0. The molecular formula is C5H8O4. The fourth-order valence-electron chi connectivity index (χ4n) is 0.238. The minimum atomic E-state index is -1.17. The van der Waals surface area contributed by atoms with E-state index >= 15 is 0 Å². The van der Waals surface area contributed by atoms with Crippen molar-refractivity contribution in [2.24, 2.45) is 0 Å². The third kappa shape index (κ3) is 2.25. The Morgan fingerprint density at radius 3 is 2.33 bits per heavy atom. The maximum Gasteiger partial charge on any atom is 0.333 e. The molecule has 0 aliphatic carbocycles. The van der Waals surface area contributed by atoms with Crippen LogP contribution in [0.3, 0.4) is 0 Å². The van der Waals surface area contributed by atoms with Crippen LogP contribution in [0.15, 0.2) is 12.2 Å². The number of hydrogen-bond donors (Lipinski definition) is 2. The van der Waals surface area contributed by atoms with Gasteiger partial charge in [0.15, 0.2) is 0 Å². The average molecular weight is 132 g/mol. The van der Waals surface area contributed by atoms with E-state index in [0.717, 1.165) is 0 Å². The van der Waals surface area contributed by atoms with Crippen LogP contribution in [0.1, 0.15) is 6.92 Å². The molecule has 52 valence electrons. The molecule has 0 saturated carbocycles. The van der Waals surface area contributed by atoms with Crippen LogP contribution in [-0.2, 0) is 9.68 Å². The van der Waals surface area contributed by atoms with Crippen molar-refractivity contribution in [3.8, 4) is 0 Å². The van der Waals surface area contributed by atoms with Gasteiger partial charge in [0.2, 0.25) is 0 Å². The average Bonchev–Trinajstić information content (AvgIpc) is 1.84. The van der Waals surface area contributed by atoms with E-state index in [-0.39, 0.29) is 5.57 Å². The molecule has 0 aromatic carbocycles. The van der Waals surface area contributed by atoms with Crippen LogP contribution in [0.4, 0.5) is 0 Å².